The smallest absolute Gasteiger partial charge is 0.119 e. The topological polar surface area (TPSA) is 55.5 Å². The molecule has 76 valence electrons. The highest BCUT2D eigenvalue weighted by molar-refractivity contribution is 5.41. The van der Waals surface area contributed by atoms with E-state index in [1.54, 1.807) is 0 Å². The minimum atomic E-state index is -0.537. The van der Waals surface area contributed by atoms with Gasteiger partial charge in [0.15, 0.2) is 0 Å². The Hall–Kier alpha value is -1.06. The Kier molecular flexibility index (Phi) is 2.44. The van der Waals surface area contributed by atoms with Crippen molar-refractivity contribution in [2.24, 2.45) is 5.73 Å². The standard InChI is InChI=1S/C11H15NO2/c1-2-14-8-4-3-7-5-10(12)11(13)9(7)6-8/h3-4,6,10-11,13H,2,5,12H2,1H3/t10?,11-/m0/s1. The molecule has 0 radical (unpaired) electrons. The maximum atomic E-state index is 9.76. The second-order valence-corrected chi connectivity index (χ2v) is 3.61. The predicted molar refractivity (Wildman–Crippen MR) is 54.3 cm³/mol. The van der Waals surface area contributed by atoms with Crippen LogP contribution in [0, 0.1) is 0 Å². The number of benzene rings is 1. The van der Waals surface area contributed by atoms with E-state index in [1.165, 1.54) is 0 Å². The number of ether oxygens (including phenoxy) is 1. The third kappa shape index (κ3) is 1.49. The highest BCUT2D eigenvalue weighted by atomic mass is 16.5. The van der Waals surface area contributed by atoms with Crippen molar-refractivity contribution in [1.29, 1.82) is 0 Å². The lowest BCUT2D eigenvalue weighted by atomic mass is 10.1. The first-order valence-corrected chi connectivity index (χ1v) is 4.91. The second-order valence-electron chi connectivity index (χ2n) is 3.61. The fourth-order valence-corrected chi connectivity index (χ4v) is 1.89. The number of rotatable bonds is 2. The third-order valence-electron chi connectivity index (χ3n) is 2.61. The molecule has 0 aromatic heterocycles. The van der Waals surface area contributed by atoms with Crippen LogP contribution in [0.5, 0.6) is 5.75 Å². The van der Waals surface area contributed by atoms with Gasteiger partial charge in [-0.1, -0.05) is 6.07 Å². The van der Waals surface area contributed by atoms with Crippen molar-refractivity contribution in [2.75, 3.05) is 6.61 Å². The summed E-state index contributed by atoms with van der Waals surface area (Å²) in [6.07, 6.45) is 0.216. The Balaban J connectivity index is 2.31. The van der Waals surface area contributed by atoms with E-state index in [0.717, 1.165) is 23.3 Å². The monoisotopic (exact) mass is 193 g/mol. The third-order valence-corrected chi connectivity index (χ3v) is 2.61. The molecule has 0 fully saturated rings. The average Bonchev–Trinajstić information content (AvgIpc) is 2.45. The summed E-state index contributed by atoms with van der Waals surface area (Å²) in [6, 6.07) is 5.63. The highest BCUT2D eigenvalue weighted by Gasteiger charge is 2.28. The number of fused-ring (bicyclic) bond motifs is 1. The first-order valence-electron chi connectivity index (χ1n) is 4.91. The zero-order valence-corrected chi connectivity index (χ0v) is 8.23. The molecule has 0 aliphatic heterocycles. The lowest BCUT2D eigenvalue weighted by molar-refractivity contribution is 0.159. The first kappa shape index (κ1) is 9.49. The van der Waals surface area contributed by atoms with Crippen LogP contribution in [0.15, 0.2) is 18.2 Å². The molecule has 3 heteroatoms. The van der Waals surface area contributed by atoms with Gasteiger partial charge in [-0.05, 0) is 36.6 Å². The van der Waals surface area contributed by atoms with Gasteiger partial charge in [-0.3, -0.25) is 0 Å². The van der Waals surface area contributed by atoms with Crippen molar-refractivity contribution in [1.82, 2.24) is 0 Å². The summed E-state index contributed by atoms with van der Waals surface area (Å²) in [5, 5.41) is 9.76. The Morgan fingerprint density at radius 2 is 2.36 bits per heavy atom. The Labute approximate surface area is 83.5 Å². The molecule has 0 bridgehead atoms. The number of aliphatic hydroxyl groups is 1. The van der Waals surface area contributed by atoms with Crippen molar-refractivity contribution in [3.05, 3.63) is 29.3 Å². The van der Waals surface area contributed by atoms with Crippen molar-refractivity contribution in [2.45, 2.75) is 25.5 Å². The molecule has 3 N–H and O–H groups in total. The SMILES string of the molecule is CCOc1ccc2c(c1)[C@H](O)C(N)C2. The molecule has 1 unspecified atom stereocenters. The Bertz CT molecular complexity index is 338. The van der Waals surface area contributed by atoms with Gasteiger partial charge < -0.3 is 15.6 Å². The second kappa shape index (κ2) is 3.59. The van der Waals surface area contributed by atoms with Crippen LogP contribution in [-0.4, -0.2) is 17.8 Å². The van der Waals surface area contributed by atoms with E-state index in [1.807, 2.05) is 25.1 Å². The minimum absolute atomic E-state index is 0.165. The van der Waals surface area contributed by atoms with Crippen LogP contribution in [0.3, 0.4) is 0 Å². The predicted octanol–water partition coefficient (Wildman–Crippen LogP) is 1.00. The summed E-state index contributed by atoms with van der Waals surface area (Å²) < 4.78 is 5.36. The number of hydrogen-bond acceptors (Lipinski definition) is 3. The van der Waals surface area contributed by atoms with Gasteiger partial charge in [0.05, 0.1) is 12.7 Å². The number of hydrogen-bond donors (Lipinski definition) is 2. The van der Waals surface area contributed by atoms with Crippen LogP contribution in [0.1, 0.15) is 24.2 Å². The molecule has 0 heterocycles. The number of nitrogens with two attached hydrogens (primary N) is 1. The molecule has 0 saturated heterocycles. The minimum Gasteiger partial charge on any atom is -0.494 e. The van der Waals surface area contributed by atoms with Crippen molar-refractivity contribution in [3.63, 3.8) is 0 Å². The van der Waals surface area contributed by atoms with E-state index >= 15 is 0 Å². The van der Waals surface area contributed by atoms with Crippen LogP contribution >= 0.6 is 0 Å². The van der Waals surface area contributed by atoms with Gasteiger partial charge in [0.1, 0.15) is 5.75 Å². The largest absolute Gasteiger partial charge is 0.494 e. The average molecular weight is 193 g/mol. The highest BCUT2D eigenvalue weighted by Crippen LogP contribution is 2.32. The van der Waals surface area contributed by atoms with E-state index in [-0.39, 0.29) is 6.04 Å². The summed E-state index contributed by atoms with van der Waals surface area (Å²) >= 11 is 0. The van der Waals surface area contributed by atoms with Gasteiger partial charge in [-0.2, -0.15) is 0 Å². The molecule has 3 nitrogen and oxygen atoms in total. The van der Waals surface area contributed by atoms with Crippen molar-refractivity contribution < 1.29 is 9.84 Å². The molecule has 0 amide bonds. The molecule has 14 heavy (non-hydrogen) atoms. The van der Waals surface area contributed by atoms with Gasteiger partial charge in [-0.25, -0.2) is 0 Å². The lowest BCUT2D eigenvalue weighted by Gasteiger charge is -2.09. The van der Waals surface area contributed by atoms with E-state index in [9.17, 15) is 5.11 Å². The molecule has 2 atom stereocenters. The molecule has 1 aromatic rings. The van der Waals surface area contributed by atoms with Gasteiger partial charge >= 0.3 is 0 Å². The quantitative estimate of drug-likeness (QED) is 0.736. The van der Waals surface area contributed by atoms with Crippen molar-refractivity contribution >= 4 is 0 Å². The summed E-state index contributed by atoms with van der Waals surface area (Å²) in [4.78, 5) is 0. The first-order chi connectivity index (χ1) is 6.72. The van der Waals surface area contributed by atoms with Crippen LogP contribution in [0.4, 0.5) is 0 Å². The van der Waals surface area contributed by atoms with Crippen LogP contribution in [-0.2, 0) is 6.42 Å². The normalized spacial score (nSPS) is 24.8. The molecule has 1 aromatic carbocycles. The molecule has 1 aliphatic carbocycles. The molecule has 0 saturated carbocycles. The zero-order chi connectivity index (χ0) is 10.1. The molecule has 1 aliphatic rings. The molecular weight excluding hydrogens is 178 g/mol. The van der Waals surface area contributed by atoms with E-state index in [0.29, 0.717) is 6.61 Å². The van der Waals surface area contributed by atoms with Gasteiger partial charge in [0, 0.05) is 6.04 Å². The summed E-state index contributed by atoms with van der Waals surface area (Å²) in [7, 11) is 0. The molecule has 0 spiro atoms. The van der Waals surface area contributed by atoms with E-state index in [4.69, 9.17) is 10.5 Å². The number of aliphatic hydroxyl groups excluding tert-OH is 1. The van der Waals surface area contributed by atoms with Gasteiger partial charge in [-0.15, -0.1) is 0 Å². The summed E-state index contributed by atoms with van der Waals surface area (Å²) in [6.45, 7) is 2.58. The van der Waals surface area contributed by atoms with Gasteiger partial charge in [0.2, 0.25) is 0 Å². The van der Waals surface area contributed by atoms with E-state index < -0.39 is 6.10 Å². The van der Waals surface area contributed by atoms with Crippen molar-refractivity contribution in [3.8, 4) is 5.75 Å². The fourth-order valence-electron chi connectivity index (χ4n) is 1.89. The van der Waals surface area contributed by atoms with E-state index in [2.05, 4.69) is 0 Å². The van der Waals surface area contributed by atoms with Crippen LogP contribution in [0.25, 0.3) is 0 Å². The van der Waals surface area contributed by atoms with Gasteiger partial charge in [0.25, 0.3) is 0 Å². The summed E-state index contributed by atoms with van der Waals surface area (Å²) in [5.41, 5.74) is 7.81. The molecule has 2 rings (SSSR count). The fraction of sp³-hybridized carbons (Fsp3) is 0.455. The van der Waals surface area contributed by atoms with Crippen LogP contribution in [0.2, 0.25) is 0 Å². The zero-order valence-electron chi connectivity index (χ0n) is 8.23. The maximum absolute atomic E-state index is 9.76. The van der Waals surface area contributed by atoms with Crippen LogP contribution < -0.4 is 10.5 Å². The Morgan fingerprint density at radius 3 is 3.07 bits per heavy atom. The summed E-state index contributed by atoms with van der Waals surface area (Å²) in [5.74, 6) is 0.805. The Morgan fingerprint density at radius 1 is 1.57 bits per heavy atom. The lowest BCUT2D eigenvalue weighted by Crippen LogP contribution is -2.24. The maximum Gasteiger partial charge on any atom is 0.119 e. The molecular formula is C11H15NO2.